The Bertz CT molecular complexity index is 212. The van der Waals surface area contributed by atoms with E-state index in [4.69, 9.17) is 11.1 Å². The Morgan fingerprint density at radius 1 is 1.62 bits per heavy atom. The predicted octanol–water partition coefficient (Wildman–Crippen LogP) is 0.562. The van der Waals surface area contributed by atoms with Gasteiger partial charge in [-0.15, -0.1) is 0 Å². The quantitative estimate of drug-likeness (QED) is 0.455. The SMILES string of the molecule is CN/C(C=N)=C(/N)OCC(F)(F)F. The summed E-state index contributed by atoms with van der Waals surface area (Å²) in [5, 5.41) is 9.15. The second-order valence-corrected chi connectivity index (χ2v) is 2.08. The average molecular weight is 197 g/mol. The number of nitrogens with one attached hydrogen (secondary N) is 2. The van der Waals surface area contributed by atoms with Crippen molar-refractivity contribution < 1.29 is 17.9 Å². The number of nitrogens with two attached hydrogens (primary N) is 1. The van der Waals surface area contributed by atoms with Crippen LogP contribution in [0.15, 0.2) is 11.6 Å². The maximum Gasteiger partial charge on any atom is 0.422 e. The van der Waals surface area contributed by atoms with E-state index in [1.54, 1.807) is 0 Å². The highest BCUT2D eigenvalue weighted by Gasteiger charge is 2.28. The van der Waals surface area contributed by atoms with Crippen molar-refractivity contribution in [3.8, 4) is 0 Å². The average Bonchev–Trinajstić information content (AvgIpc) is 2.02. The van der Waals surface area contributed by atoms with Crippen LogP contribution in [0.5, 0.6) is 0 Å². The monoisotopic (exact) mass is 197 g/mol. The maximum atomic E-state index is 11.6. The molecule has 76 valence electrons. The zero-order valence-electron chi connectivity index (χ0n) is 6.90. The van der Waals surface area contributed by atoms with Crippen molar-refractivity contribution in [3.05, 3.63) is 11.6 Å². The van der Waals surface area contributed by atoms with E-state index < -0.39 is 18.7 Å². The maximum absolute atomic E-state index is 11.6. The van der Waals surface area contributed by atoms with Crippen LogP contribution in [0.3, 0.4) is 0 Å². The first kappa shape index (κ1) is 11.6. The molecule has 4 N–H and O–H groups in total. The van der Waals surface area contributed by atoms with E-state index in [1.807, 2.05) is 0 Å². The number of hydrogen-bond acceptors (Lipinski definition) is 4. The van der Waals surface area contributed by atoms with Crippen LogP contribution in [0.25, 0.3) is 0 Å². The van der Waals surface area contributed by atoms with Gasteiger partial charge in [-0.2, -0.15) is 13.2 Å². The molecule has 0 radical (unpaired) electrons. The molecule has 0 aliphatic heterocycles. The fraction of sp³-hybridized carbons (Fsp3) is 0.500. The summed E-state index contributed by atoms with van der Waals surface area (Å²) in [7, 11) is 1.42. The molecule has 0 bridgehead atoms. The Hall–Kier alpha value is -1.40. The van der Waals surface area contributed by atoms with Gasteiger partial charge in [0.05, 0.1) is 0 Å². The van der Waals surface area contributed by atoms with Crippen molar-refractivity contribution >= 4 is 6.21 Å². The summed E-state index contributed by atoms with van der Waals surface area (Å²) in [5.74, 6) is -0.449. The highest BCUT2D eigenvalue weighted by atomic mass is 19.4. The molecule has 4 nitrogen and oxygen atoms in total. The van der Waals surface area contributed by atoms with E-state index in [2.05, 4.69) is 10.1 Å². The number of hydrogen-bond donors (Lipinski definition) is 3. The molecule has 0 spiro atoms. The standard InChI is InChI=1S/C6H10F3N3O/c1-12-4(2-10)5(11)13-3-6(7,8)9/h2,10,12H,3,11H2,1H3/b5-4-,10-2?. The minimum atomic E-state index is -4.43. The molecule has 0 fully saturated rings. The van der Waals surface area contributed by atoms with E-state index in [-0.39, 0.29) is 5.70 Å². The molecule has 13 heavy (non-hydrogen) atoms. The van der Waals surface area contributed by atoms with Crippen LogP contribution in [0.1, 0.15) is 0 Å². The summed E-state index contributed by atoms with van der Waals surface area (Å²) in [6, 6.07) is 0. The molecule has 0 rings (SSSR count). The highest BCUT2D eigenvalue weighted by molar-refractivity contribution is 5.75. The molecular formula is C6H10F3N3O. The minimum absolute atomic E-state index is 0.00394. The lowest BCUT2D eigenvalue weighted by Gasteiger charge is -2.10. The molecule has 0 aromatic rings. The van der Waals surface area contributed by atoms with Gasteiger partial charge in [-0.05, 0) is 0 Å². The largest absolute Gasteiger partial charge is 0.468 e. The van der Waals surface area contributed by atoms with Crippen molar-refractivity contribution in [1.82, 2.24) is 5.32 Å². The summed E-state index contributed by atoms with van der Waals surface area (Å²) in [4.78, 5) is 0. The van der Waals surface area contributed by atoms with E-state index >= 15 is 0 Å². The van der Waals surface area contributed by atoms with Gasteiger partial charge in [-0.1, -0.05) is 0 Å². The van der Waals surface area contributed by atoms with Gasteiger partial charge in [-0.3, -0.25) is 0 Å². The highest BCUT2D eigenvalue weighted by Crippen LogP contribution is 2.15. The van der Waals surface area contributed by atoms with E-state index in [0.29, 0.717) is 0 Å². The third kappa shape index (κ3) is 4.94. The third-order valence-electron chi connectivity index (χ3n) is 1.07. The summed E-state index contributed by atoms with van der Waals surface area (Å²) in [5.41, 5.74) is 5.09. The Morgan fingerprint density at radius 3 is 2.46 bits per heavy atom. The summed E-state index contributed by atoms with van der Waals surface area (Å²) >= 11 is 0. The van der Waals surface area contributed by atoms with Gasteiger partial charge in [0.15, 0.2) is 6.61 Å². The number of rotatable bonds is 4. The molecule has 0 aliphatic carbocycles. The fourth-order valence-electron chi connectivity index (χ4n) is 0.504. The molecule has 0 atom stereocenters. The molecule has 0 aliphatic rings. The van der Waals surface area contributed by atoms with Crippen LogP contribution < -0.4 is 11.1 Å². The number of alkyl halides is 3. The van der Waals surface area contributed by atoms with Crippen LogP contribution in [-0.2, 0) is 4.74 Å². The second-order valence-electron chi connectivity index (χ2n) is 2.08. The zero-order valence-corrected chi connectivity index (χ0v) is 6.90. The van der Waals surface area contributed by atoms with E-state index in [9.17, 15) is 13.2 Å². The van der Waals surface area contributed by atoms with Crippen LogP contribution in [0, 0.1) is 5.41 Å². The molecule has 0 unspecified atom stereocenters. The topological polar surface area (TPSA) is 71.1 Å². The van der Waals surface area contributed by atoms with Crippen LogP contribution in [0.2, 0.25) is 0 Å². The molecule has 0 heterocycles. The van der Waals surface area contributed by atoms with E-state index in [0.717, 1.165) is 6.21 Å². The summed E-state index contributed by atoms with van der Waals surface area (Å²) in [6.45, 7) is -1.46. The van der Waals surface area contributed by atoms with Crippen LogP contribution in [-0.4, -0.2) is 26.0 Å². The lowest BCUT2D eigenvalue weighted by atomic mass is 10.5. The van der Waals surface area contributed by atoms with Crippen LogP contribution >= 0.6 is 0 Å². The zero-order chi connectivity index (χ0) is 10.5. The minimum Gasteiger partial charge on any atom is -0.468 e. The smallest absolute Gasteiger partial charge is 0.422 e. The second kappa shape index (κ2) is 4.58. The molecule has 0 saturated carbocycles. The van der Waals surface area contributed by atoms with Gasteiger partial charge < -0.3 is 21.2 Å². The molecule has 0 aromatic heterocycles. The molecule has 7 heteroatoms. The van der Waals surface area contributed by atoms with Gasteiger partial charge in [0.1, 0.15) is 5.70 Å². The lowest BCUT2D eigenvalue weighted by Crippen LogP contribution is -2.23. The van der Waals surface area contributed by atoms with Gasteiger partial charge >= 0.3 is 6.18 Å². The van der Waals surface area contributed by atoms with Gasteiger partial charge in [0.2, 0.25) is 5.88 Å². The van der Waals surface area contributed by atoms with Crippen molar-refractivity contribution in [2.75, 3.05) is 13.7 Å². The summed E-state index contributed by atoms with van der Waals surface area (Å²) < 4.78 is 39.0. The Morgan fingerprint density at radius 2 is 2.15 bits per heavy atom. The Balaban J connectivity index is 4.20. The van der Waals surface area contributed by atoms with Gasteiger partial charge in [0.25, 0.3) is 0 Å². The van der Waals surface area contributed by atoms with Crippen molar-refractivity contribution in [2.45, 2.75) is 6.18 Å². The van der Waals surface area contributed by atoms with Crippen molar-refractivity contribution in [1.29, 1.82) is 5.41 Å². The Labute approximate surface area is 73.1 Å². The molecule has 0 amide bonds. The van der Waals surface area contributed by atoms with E-state index in [1.165, 1.54) is 7.05 Å². The summed E-state index contributed by atoms with van der Waals surface area (Å²) in [6.07, 6.45) is -3.66. The fourth-order valence-corrected chi connectivity index (χ4v) is 0.504. The third-order valence-corrected chi connectivity index (χ3v) is 1.07. The van der Waals surface area contributed by atoms with Gasteiger partial charge in [0, 0.05) is 13.3 Å². The molecule has 0 saturated heterocycles. The normalized spacial score (nSPS) is 13.2. The number of ether oxygens (including phenoxy) is 1. The van der Waals surface area contributed by atoms with Gasteiger partial charge in [-0.25, -0.2) is 0 Å². The Kier molecular flexibility index (Phi) is 4.09. The molecule has 0 aromatic carbocycles. The molecular weight excluding hydrogens is 187 g/mol. The lowest BCUT2D eigenvalue weighted by molar-refractivity contribution is -0.165. The first-order valence-electron chi connectivity index (χ1n) is 3.28. The van der Waals surface area contributed by atoms with Crippen LogP contribution in [0.4, 0.5) is 13.2 Å². The number of allylic oxidation sites excluding steroid dienone is 1. The number of halogens is 3. The van der Waals surface area contributed by atoms with Crippen molar-refractivity contribution in [3.63, 3.8) is 0 Å². The first-order valence-corrected chi connectivity index (χ1v) is 3.28. The predicted molar refractivity (Wildman–Crippen MR) is 41.1 cm³/mol. The van der Waals surface area contributed by atoms with Crippen molar-refractivity contribution in [2.24, 2.45) is 5.73 Å². The first-order chi connectivity index (χ1) is 5.90.